The number of hydrogen-bond acceptors (Lipinski definition) is 4. The molecule has 0 bridgehead atoms. The smallest absolute Gasteiger partial charge is 0.251 e. The topological polar surface area (TPSA) is 54.5 Å². The number of pyridine rings is 1. The molecule has 1 amide bonds. The Kier molecular flexibility index (Phi) is 6.76. The molecule has 28 heavy (non-hydrogen) atoms. The van der Waals surface area contributed by atoms with Gasteiger partial charge in [-0.1, -0.05) is 30.3 Å². The summed E-state index contributed by atoms with van der Waals surface area (Å²) in [6.45, 7) is 1.79. The lowest BCUT2D eigenvalue weighted by atomic mass is 10.1. The average Bonchev–Trinajstić information content (AvgIpc) is 2.72. The fourth-order valence-corrected chi connectivity index (χ4v) is 2.86. The van der Waals surface area contributed by atoms with Crippen molar-refractivity contribution in [2.45, 2.75) is 19.7 Å². The molecule has 0 unspecified atom stereocenters. The van der Waals surface area contributed by atoms with Crippen LogP contribution in [0.4, 0.5) is 0 Å². The van der Waals surface area contributed by atoms with Crippen molar-refractivity contribution in [1.29, 1.82) is 0 Å². The van der Waals surface area contributed by atoms with E-state index in [9.17, 15) is 4.79 Å². The molecular formula is C23H25N3O2. The molecule has 3 aromatic rings. The molecule has 3 rings (SSSR count). The van der Waals surface area contributed by atoms with Crippen LogP contribution in [0, 0.1) is 0 Å². The lowest BCUT2D eigenvalue weighted by Crippen LogP contribution is -2.24. The Morgan fingerprint density at radius 1 is 1.00 bits per heavy atom. The van der Waals surface area contributed by atoms with Crippen molar-refractivity contribution in [3.05, 3.63) is 95.3 Å². The fraction of sp³-hybridized carbons (Fsp3) is 0.217. The van der Waals surface area contributed by atoms with E-state index in [1.807, 2.05) is 50.5 Å². The van der Waals surface area contributed by atoms with Crippen LogP contribution < -0.4 is 10.1 Å². The molecule has 1 N–H and O–H groups in total. The number of aromatic nitrogens is 1. The Balaban J connectivity index is 1.55. The zero-order valence-corrected chi connectivity index (χ0v) is 16.3. The average molecular weight is 375 g/mol. The maximum atomic E-state index is 12.5. The first kappa shape index (κ1) is 19.6. The molecule has 0 radical (unpaired) electrons. The molecule has 0 atom stereocenters. The predicted octanol–water partition coefficient (Wildman–Crippen LogP) is 3.65. The minimum Gasteiger partial charge on any atom is -0.489 e. The van der Waals surface area contributed by atoms with E-state index in [1.165, 1.54) is 5.56 Å². The summed E-state index contributed by atoms with van der Waals surface area (Å²) >= 11 is 0. The first-order valence-electron chi connectivity index (χ1n) is 9.23. The first-order valence-corrected chi connectivity index (χ1v) is 9.23. The van der Waals surface area contributed by atoms with Crippen LogP contribution in [0.2, 0.25) is 0 Å². The van der Waals surface area contributed by atoms with Crippen molar-refractivity contribution in [1.82, 2.24) is 15.2 Å². The SMILES string of the molecule is CN(C)Cc1ccccc1CNC(=O)c1ccc(OCc2cccnc2)cc1. The third kappa shape index (κ3) is 5.66. The van der Waals surface area contributed by atoms with Crippen molar-refractivity contribution >= 4 is 5.91 Å². The number of amides is 1. The minimum atomic E-state index is -0.0986. The number of nitrogens with zero attached hydrogens (tertiary/aromatic N) is 2. The summed E-state index contributed by atoms with van der Waals surface area (Å²) in [4.78, 5) is 18.7. The van der Waals surface area contributed by atoms with E-state index >= 15 is 0 Å². The highest BCUT2D eigenvalue weighted by atomic mass is 16.5. The Hall–Kier alpha value is -3.18. The summed E-state index contributed by atoms with van der Waals surface area (Å²) in [6.07, 6.45) is 3.51. The van der Waals surface area contributed by atoms with Crippen molar-refractivity contribution in [3.8, 4) is 5.75 Å². The second-order valence-electron chi connectivity index (χ2n) is 6.86. The molecule has 0 spiro atoms. The highest BCUT2D eigenvalue weighted by molar-refractivity contribution is 5.94. The lowest BCUT2D eigenvalue weighted by molar-refractivity contribution is 0.0950. The summed E-state index contributed by atoms with van der Waals surface area (Å²) in [5, 5.41) is 3.00. The van der Waals surface area contributed by atoms with Gasteiger partial charge >= 0.3 is 0 Å². The molecule has 2 aromatic carbocycles. The highest BCUT2D eigenvalue weighted by Crippen LogP contribution is 2.15. The quantitative estimate of drug-likeness (QED) is 0.653. The normalized spacial score (nSPS) is 10.7. The van der Waals surface area contributed by atoms with Crippen molar-refractivity contribution in [2.75, 3.05) is 14.1 Å². The van der Waals surface area contributed by atoms with Gasteiger partial charge in [-0.15, -0.1) is 0 Å². The summed E-state index contributed by atoms with van der Waals surface area (Å²) in [5.41, 5.74) is 3.95. The fourth-order valence-electron chi connectivity index (χ4n) is 2.86. The molecule has 0 aliphatic heterocycles. The monoisotopic (exact) mass is 375 g/mol. The van der Waals surface area contributed by atoms with Gasteiger partial charge in [0.2, 0.25) is 0 Å². The lowest BCUT2D eigenvalue weighted by Gasteiger charge is -2.14. The zero-order chi connectivity index (χ0) is 19.8. The van der Waals surface area contributed by atoms with Gasteiger partial charge in [-0.05, 0) is 55.6 Å². The van der Waals surface area contributed by atoms with Gasteiger partial charge in [0, 0.05) is 36.6 Å². The van der Waals surface area contributed by atoms with Crippen molar-refractivity contribution in [3.63, 3.8) is 0 Å². The maximum absolute atomic E-state index is 12.5. The Morgan fingerprint density at radius 3 is 2.43 bits per heavy atom. The number of carbonyl (C=O) groups is 1. The second kappa shape index (κ2) is 9.67. The van der Waals surface area contributed by atoms with Crippen LogP contribution in [0.25, 0.3) is 0 Å². The predicted molar refractivity (Wildman–Crippen MR) is 110 cm³/mol. The van der Waals surface area contributed by atoms with Gasteiger partial charge < -0.3 is 15.0 Å². The number of benzene rings is 2. The number of rotatable bonds is 8. The molecule has 144 valence electrons. The summed E-state index contributed by atoms with van der Waals surface area (Å²) < 4.78 is 5.73. The van der Waals surface area contributed by atoms with Gasteiger partial charge in [-0.25, -0.2) is 0 Å². The van der Waals surface area contributed by atoms with E-state index in [-0.39, 0.29) is 5.91 Å². The first-order chi connectivity index (χ1) is 13.6. The molecule has 1 aromatic heterocycles. The molecule has 0 saturated carbocycles. The van der Waals surface area contributed by atoms with Gasteiger partial charge in [0.1, 0.15) is 12.4 Å². The van der Waals surface area contributed by atoms with Gasteiger partial charge in [0.05, 0.1) is 0 Å². The third-order valence-electron chi connectivity index (χ3n) is 4.29. The van der Waals surface area contributed by atoms with Crippen LogP contribution in [0.5, 0.6) is 5.75 Å². The number of hydrogen-bond donors (Lipinski definition) is 1. The van der Waals surface area contributed by atoms with Crippen molar-refractivity contribution < 1.29 is 9.53 Å². The van der Waals surface area contributed by atoms with Gasteiger partial charge in [0.15, 0.2) is 0 Å². The summed E-state index contributed by atoms with van der Waals surface area (Å²) in [7, 11) is 4.07. The van der Waals surface area contributed by atoms with Crippen LogP contribution >= 0.6 is 0 Å². The van der Waals surface area contributed by atoms with E-state index in [0.717, 1.165) is 23.4 Å². The maximum Gasteiger partial charge on any atom is 0.251 e. The van der Waals surface area contributed by atoms with Gasteiger partial charge in [0.25, 0.3) is 5.91 Å². The van der Waals surface area contributed by atoms with Gasteiger partial charge in [-0.3, -0.25) is 9.78 Å². The van der Waals surface area contributed by atoms with E-state index in [1.54, 1.807) is 24.5 Å². The molecule has 0 saturated heterocycles. The molecule has 5 nitrogen and oxygen atoms in total. The van der Waals surface area contributed by atoms with Crippen LogP contribution in [0.15, 0.2) is 73.1 Å². The minimum absolute atomic E-state index is 0.0986. The van der Waals surface area contributed by atoms with Crippen LogP contribution in [-0.4, -0.2) is 29.9 Å². The number of nitrogens with one attached hydrogen (secondary N) is 1. The number of carbonyl (C=O) groups excluding carboxylic acids is 1. The molecule has 1 heterocycles. The van der Waals surface area contributed by atoms with Crippen LogP contribution in [0.1, 0.15) is 27.0 Å². The standard InChI is InChI=1S/C23H25N3O2/c1-26(2)16-21-8-4-3-7-20(21)15-25-23(27)19-9-11-22(12-10-19)28-17-18-6-5-13-24-14-18/h3-14H,15-17H2,1-2H3,(H,25,27). The Labute approximate surface area is 166 Å². The van der Waals surface area contributed by atoms with Crippen molar-refractivity contribution in [2.24, 2.45) is 0 Å². The summed E-state index contributed by atoms with van der Waals surface area (Å²) in [5.74, 6) is 0.621. The Bertz CT molecular complexity index is 893. The Morgan fingerprint density at radius 2 is 1.75 bits per heavy atom. The van der Waals surface area contributed by atoms with Crippen LogP contribution in [-0.2, 0) is 19.7 Å². The van der Waals surface area contributed by atoms with Crippen LogP contribution in [0.3, 0.4) is 0 Å². The zero-order valence-electron chi connectivity index (χ0n) is 16.3. The molecular weight excluding hydrogens is 350 g/mol. The molecule has 5 heteroatoms. The molecule has 0 fully saturated rings. The highest BCUT2D eigenvalue weighted by Gasteiger charge is 2.08. The summed E-state index contributed by atoms with van der Waals surface area (Å²) in [6, 6.07) is 19.2. The second-order valence-corrected chi connectivity index (χ2v) is 6.86. The largest absolute Gasteiger partial charge is 0.489 e. The van der Waals surface area contributed by atoms with Gasteiger partial charge in [-0.2, -0.15) is 0 Å². The van der Waals surface area contributed by atoms with E-state index in [0.29, 0.717) is 18.7 Å². The third-order valence-corrected chi connectivity index (χ3v) is 4.29. The van der Waals surface area contributed by atoms with E-state index in [2.05, 4.69) is 27.3 Å². The van der Waals surface area contributed by atoms with E-state index < -0.39 is 0 Å². The van der Waals surface area contributed by atoms with E-state index in [4.69, 9.17) is 4.74 Å². The molecule has 0 aliphatic rings. The number of ether oxygens (including phenoxy) is 1. The molecule has 0 aliphatic carbocycles.